The van der Waals surface area contributed by atoms with Crippen LogP contribution in [0.2, 0.25) is 5.02 Å². The van der Waals surface area contributed by atoms with Crippen molar-refractivity contribution in [2.45, 2.75) is 19.5 Å². The van der Waals surface area contributed by atoms with Gasteiger partial charge in [-0.15, -0.1) is 0 Å². The lowest BCUT2D eigenvalue weighted by Gasteiger charge is -2.20. The molecule has 2 heterocycles. The van der Waals surface area contributed by atoms with Crippen LogP contribution in [0.4, 0.5) is 18.9 Å². The second-order valence-corrected chi connectivity index (χ2v) is 6.10. The standard InChI is InChI=1S/C18H15ClF3N3O/c1-2-25(14-6-4-3-5-7-14)16(26)9-13-11-24-10-12(18(20,21)22)8-15(19)17(24)23-13/h3-8,10-11H,2,9H2,1H3. The number of fused-ring (bicyclic) bond motifs is 1. The zero-order chi connectivity index (χ0) is 18.9. The fourth-order valence-corrected chi connectivity index (χ4v) is 2.97. The summed E-state index contributed by atoms with van der Waals surface area (Å²) in [7, 11) is 0. The summed E-state index contributed by atoms with van der Waals surface area (Å²) in [5.41, 5.74) is 0.418. The fourth-order valence-electron chi connectivity index (χ4n) is 2.71. The SMILES string of the molecule is CCN(C(=O)Cc1cn2cc(C(F)(F)F)cc(Cl)c2n1)c1ccccc1. The second kappa shape index (κ2) is 6.99. The van der Waals surface area contributed by atoms with E-state index < -0.39 is 11.7 Å². The van der Waals surface area contributed by atoms with Gasteiger partial charge in [-0.25, -0.2) is 4.98 Å². The minimum atomic E-state index is -4.51. The van der Waals surface area contributed by atoms with Crippen molar-refractivity contribution >= 4 is 28.8 Å². The molecular weight excluding hydrogens is 367 g/mol. The van der Waals surface area contributed by atoms with E-state index >= 15 is 0 Å². The van der Waals surface area contributed by atoms with Crippen LogP contribution in [0.3, 0.4) is 0 Å². The number of anilines is 1. The van der Waals surface area contributed by atoms with Gasteiger partial charge in [0, 0.05) is 24.6 Å². The number of aromatic nitrogens is 2. The summed E-state index contributed by atoms with van der Waals surface area (Å²) in [6.07, 6.45) is -2.24. The lowest BCUT2D eigenvalue weighted by Crippen LogP contribution is -2.32. The average molecular weight is 382 g/mol. The third kappa shape index (κ3) is 3.67. The Kier molecular flexibility index (Phi) is 4.91. The Morgan fingerprint density at radius 1 is 1.23 bits per heavy atom. The second-order valence-electron chi connectivity index (χ2n) is 5.69. The summed E-state index contributed by atoms with van der Waals surface area (Å²) in [6, 6.07) is 9.97. The smallest absolute Gasteiger partial charge is 0.312 e. The largest absolute Gasteiger partial charge is 0.417 e. The maximum atomic E-state index is 12.9. The number of amides is 1. The molecule has 3 rings (SSSR count). The summed E-state index contributed by atoms with van der Waals surface area (Å²) in [5, 5.41) is -0.117. The van der Waals surface area contributed by atoms with E-state index in [-0.39, 0.29) is 23.0 Å². The van der Waals surface area contributed by atoms with Crippen molar-refractivity contribution in [3.63, 3.8) is 0 Å². The van der Waals surface area contributed by atoms with Crippen LogP contribution in [0.1, 0.15) is 18.2 Å². The number of halogens is 4. The molecule has 0 aliphatic rings. The molecule has 0 bridgehead atoms. The Labute approximate surface area is 152 Å². The van der Waals surface area contributed by atoms with Gasteiger partial charge in [-0.2, -0.15) is 13.2 Å². The first-order chi connectivity index (χ1) is 12.3. The molecule has 4 nitrogen and oxygen atoms in total. The normalized spacial score (nSPS) is 11.7. The molecule has 0 saturated carbocycles. The zero-order valence-electron chi connectivity index (χ0n) is 13.8. The highest BCUT2D eigenvalue weighted by Gasteiger charge is 2.32. The molecule has 8 heteroatoms. The molecule has 3 aromatic rings. The molecule has 0 saturated heterocycles. The molecule has 2 aromatic heterocycles. The fraction of sp³-hybridized carbons (Fsp3) is 0.222. The molecule has 0 unspecified atom stereocenters. The van der Waals surface area contributed by atoms with Crippen LogP contribution in [-0.4, -0.2) is 21.8 Å². The van der Waals surface area contributed by atoms with Gasteiger partial charge >= 0.3 is 6.18 Å². The average Bonchev–Trinajstić information content (AvgIpc) is 2.99. The van der Waals surface area contributed by atoms with Gasteiger partial charge in [-0.1, -0.05) is 29.8 Å². The van der Waals surface area contributed by atoms with Gasteiger partial charge in [0.05, 0.1) is 22.7 Å². The van der Waals surface area contributed by atoms with E-state index in [1.807, 2.05) is 37.3 Å². The first kappa shape index (κ1) is 18.3. The molecule has 0 fully saturated rings. The van der Waals surface area contributed by atoms with Crippen molar-refractivity contribution in [3.8, 4) is 0 Å². The molecule has 26 heavy (non-hydrogen) atoms. The number of alkyl halides is 3. The number of pyridine rings is 1. The molecule has 0 spiro atoms. The van der Waals surface area contributed by atoms with Crippen molar-refractivity contribution in [2.75, 3.05) is 11.4 Å². The number of hydrogen-bond donors (Lipinski definition) is 0. The van der Waals surface area contributed by atoms with Gasteiger partial charge in [-0.3, -0.25) is 4.79 Å². The summed E-state index contributed by atoms with van der Waals surface area (Å²) in [5.74, 6) is -0.200. The Morgan fingerprint density at radius 2 is 1.92 bits per heavy atom. The quantitative estimate of drug-likeness (QED) is 0.662. The van der Waals surface area contributed by atoms with Gasteiger partial charge in [0.1, 0.15) is 0 Å². The summed E-state index contributed by atoms with van der Waals surface area (Å²) in [6.45, 7) is 2.32. The number of carbonyl (C=O) groups is 1. The predicted molar refractivity (Wildman–Crippen MR) is 93.4 cm³/mol. The van der Waals surface area contributed by atoms with E-state index in [4.69, 9.17) is 11.6 Å². The molecule has 0 aliphatic heterocycles. The number of carbonyl (C=O) groups excluding carboxylic acids is 1. The van der Waals surface area contributed by atoms with Crippen LogP contribution in [-0.2, 0) is 17.4 Å². The molecule has 1 aromatic carbocycles. The lowest BCUT2D eigenvalue weighted by atomic mass is 10.2. The molecular formula is C18H15ClF3N3O. The highest BCUT2D eigenvalue weighted by atomic mass is 35.5. The predicted octanol–water partition coefficient (Wildman–Crippen LogP) is 4.60. The highest BCUT2D eigenvalue weighted by Crippen LogP contribution is 2.32. The van der Waals surface area contributed by atoms with Gasteiger partial charge < -0.3 is 9.30 Å². The summed E-state index contributed by atoms with van der Waals surface area (Å²) in [4.78, 5) is 18.4. The van der Waals surface area contributed by atoms with Crippen LogP contribution >= 0.6 is 11.6 Å². The number of hydrogen-bond acceptors (Lipinski definition) is 2. The third-order valence-corrected chi connectivity index (χ3v) is 4.18. The van der Waals surface area contributed by atoms with Crippen molar-refractivity contribution in [1.82, 2.24) is 9.38 Å². The Hall–Kier alpha value is -2.54. The number of nitrogens with zero attached hydrogens (tertiary/aromatic N) is 3. The van der Waals surface area contributed by atoms with E-state index in [9.17, 15) is 18.0 Å². The number of likely N-dealkylation sites (N-methyl/N-ethyl adjacent to an activating group) is 1. The number of benzene rings is 1. The first-order valence-corrected chi connectivity index (χ1v) is 8.27. The molecule has 136 valence electrons. The summed E-state index contributed by atoms with van der Waals surface area (Å²) < 4.78 is 39.9. The van der Waals surface area contributed by atoms with Gasteiger partial charge in [0.15, 0.2) is 5.65 Å². The maximum absolute atomic E-state index is 12.9. The van der Waals surface area contributed by atoms with Gasteiger partial charge in [-0.05, 0) is 25.1 Å². The summed E-state index contributed by atoms with van der Waals surface area (Å²) >= 11 is 5.93. The molecule has 0 atom stereocenters. The maximum Gasteiger partial charge on any atom is 0.417 e. The molecule has 0 radical (unpaired) electrons. The zero-order valence-corrected chi connectivity index (χ0v) is 14.6. The topological polar surface area (TPSA) is 37.6 Å². The molecule has 1 amide bonds. The van der Waals surface area contributed by atoms with Gasteiger partial charge in [0.25, 0.3) is 0 Å². The van der Waals surface area contributed by atoms with Crippen LogP contribution in [0.25, 0.3) is 5.65 Å². The van der Waals surface area contributed by atoms with Crippen LogP contribution in [0.15, 0.2) is 48.8 Å². The van der Waals surface area contributed by atoms with Crippen LogP contribution in [0, 0.1) is 0 Å². The van der Waals surface area contributed by atoms with Crippen LogP contribution in [0.5, 0.6) is 0 Å². The Bertz CT molecular complexity index is 938. The highest BCUT2D eigenvalue weighted by molar-refractivity contribution is 6.33. The number of imidazole rings is 1. The Balaban J connectivity index is 1.89. The minimum Gasteiger partial charge on any atom is -0.312 e. The van der Waals surface area contributed by atoms with Crippen molar-refractivity contribution in [2.24, 2.45) is 0 Å². The van der Waals surface area contributed by atoms with E-state index in [2.05, 4.69) is 4.98 Å². The van der Waals surface area contributed by atoms with Crippen molar-refractivity contribution in [1.29, 1.82) is 0 Å². The molecule has 0 N–H and O–H groups in total. The van der Waals surface area contributed by atoms with Crippen molar-refractivity contribution in [3.05, 3.63) is 65.1 Å². The van der Waals surface area contributed by atoms with E-state index in [0.29, 0.717) is 12.2 Å². The lowest BCUT2D eigenvalue weighted by molar-refractivity contribution is -0.137. The minimum absolute atomic E-state index is 0.0396. The van der Waals surface area contributed by atoms with Gasteiger partial charge in [0.2, 0.25) is 5.91 Å². The van der Waals surface area contributed by atoms with E-state index in [1.165, 1.54) is 10.6 Å². The van der Waals surface area contributed by atoms with E-state index in [1.54, 1.807) is 4.90 Å². The first-order valence-electron chi connectivity index (χ1n) is 7.89. The monoisotopic (exact) mass is 381 g/mol. The number of para-hydroxylation sites is 1. The van der Waals surface area contributed by atoms with E-state index in [0.717, 1.165) is 18.0 Å². The van der Waals surface area contributed by atoms with Crippen molar-refractivity contribution < 1.29 is 18.0 Å². The van der Waals surface area contributed by atoms with Crippen LogP contribution < -0.4 is 4.90 Å². The Morgan fingerprint density at radius 3 is 2.54 bits per heavy atom. The number of rotatable bonds is 4. The third-order valence-electron chi connectivity index (χ3n) is 3.90. The molecule has 0 aliphatic carbocycles.